The molecule has 0 aliphatic heterocycles. The summed E-state index contributed by atoms with van der Waals surface area (Å²) in [4.78, 5) is 7.60. The van der Waals surface area contributed by atoms with Crippen molar-refractivity contribution in [1.29, 1.82) is 21.0 Å². The van der Waals surface area contributed by atoms with Crippen LogP contribution in [0.15, 0.2) is 6.33 Å². The molecule has 0 fully saturated rings. The van der Waals surface area contributed by atoms with Gasteiger partial charge in [0.2, 0.25) is 0 Å². The van der Waals surface area contributed by atoms with E-state index in [-0.39, 0.29) is 20.3 Å². The summed E-state index contributed by atoms with van der Waals surface area (Å²) in [5, 5.41) is 36.0. The predicted octanol–water partition coefficient (Wildman–Crippen LogP) is 0.504. The van der Waals surface area contributed by atoms with Gasteiger partial charge in [-0.3, -0.25) is 0 Å². The van der Waals surface area contributed by atoms with E-state index in [4.69, 9.17) is 21.0 Å². The van der Waals surface area contributed by atoms with Crippen LogP contribution in [0, 0.1) is 45.3 Å². The van der Waals surface area contributed by atoms with E-state index in [2.05, 4.69) is 34.2 Å². The van der Waals surface area contributed by atoms with Crippen LogP contribution in [0.25, 0.3) is 11.0 Å². The zero-order valence-corrected chi connectivity index (χ0v) is 15.0. The van der Waals surface area contributed by atoms with E-state index in [1.165, 1.54) is 0 Å². The minimum atomic E-state index is 0. The number of nitrogens with one attached hydrogen (secondary N) is 1. The normalized spacial score (nSPS) is 9.54. The molecule has 2 aromatic rings. The van der Waals surface area contributed by atoms with E-state index in [9.17, 15) is 0 Å². The van der Waals surface area contributed by atoms with Crippen LogP contribution in [0.2, 0.25) is 0 Å². The van der Waals surface area contributed by atoms with E-state index < -0.39 is 0 Å². The molecular weight excluding hydrogens is 319 g/mol. The Hall–Kier alpha value is -2.75. The quantitative estimate of drug-likeness (QED) is 0.702. The number of imidazole rings is 1. The molecule has 2 rings (SSSR count). The molecule has 26 heavy (non-hydrogen) atoms. The molecular formula is C19H19LiN6. The Morgan fingerprint density at radius 1 is 0.731 bits per heavy atom. The first-order chi connectivity index (χ1) is 12.3. The molecule has 1 N–H and O–H groups in total. The van der Waals surface area contributed by atoms with E-state index in [1.807, 2.05) is 0 Å². The fraction of sp³-hybridized carbons (Fsp3) is 0.421. The molecule has 0 bridgehead atoms. The number of hydrogen-bond acceptors (Lipinski definition) is 5. The molecule has 1 heterocycles. The van der Waals surface area contributed by atoms with Gasteiger partial charge in [0.05, 0.1) is 41.6 Å². The van der Waals surface area contributed by atoms with Crippen LogP contribution >= 0.6 is 0 Å². The van der Waals surface area contributed by atoms with Crippen molar-refractivity contribution in [1.82, 2.24) is 9.97 Å². The average molecular weight is 338 g/mol. The Bertz CT molecular complexity index is 849. The molecule has 0 saturated carbocycles. The second kappa shape index (κ2) is 11.0. The molecule has 7 heteroatoms. The Balaban J connectivity index is 0.00000338. The topological polar surface area (TPSA) is 124 Å². The summed E-state index contributed by atoms with van der Waals surface area (Å²) in [6.45, 7) is 0. The molecule has 1 aromatic carbocycles. The number of nitrogens with zero attached hydrogens (tertiary/aromatic N) is 5. The van der Waals surface area contributed by atoms with Gasteiger partial charge in [0, 0.05) is 25.7 Å². The van der Waals surface area contributed by atoms with Crippen LogP contribution in [0.3, 0.4) is 0 Å². The summed E-state index contributed by atoms with van der Waals surface area (Å²) < 4.78 is 0. The van der Waals surface area contributed by atoms with Crippen LogP contribution in [0.4, 0.5) is 0 Å². The second-order valence-corrected chi connectivity index (χ2v) is 5.67. The first-order valence-corrected chi connectivity index (χ1v) is 8.24. The standard InChI is InChI=1S/C19H18N6.Li.H/c20-9-1-5-14-15(6-2-10-21)17(8-4-12-23)19-18(24-13-25-19)16(14)7-3-11-22;;/h13H,1-8H2,(H,24,25);;/q;+1;-1. The zero-order chi connectivity index (χ0) is 18.1. The minimum Gasteiger partial charge on any atom is -1.00 e. The monoisotopic (exact) mass is 338 g/mol. The van der Waals surface area contributed by atoms with Crippen molar-refractivity contribution in [3.63, 3.8) is 0 Å². The van der Waals surface area contributed by atoms with Crippen LogP contribution in [0.1, 0.15) is 49.4 Å². The molecule has 6 nitrogen and oxygen atoms in total. The van der Waals surface area contributed by atoms with Gasteiger partial charge in [0.1, 0.15) is 0 Å². The Labute approximate surface area is 166 Å². The molecule has 1 aromatic heterocycles. The summed E-state index contributed by atoms with van der Waals surface area (Å²) in [6, 6.07) is 8.70. The molecule has 0 spiro atoms. The SMILES string of the molecule is N#CCCc1c(CCC#N)c(CCC#N)c2[nH]cnc2c1CCC#N.[H-].[Li+]. The maximum absolute atomic E-state index is 9.03. The number of hydrogen-bond donors (Lipinski definition) is 1. The maximum Gasteiger partial charge on any atom is 1.00 e. The van der Waals surface area contributed by atoms with Crippen molar-refractivity contribution in [2.24, 2.45) is 0 Å². The Kier molecular flexibility index (Phi) is 8.99. The largest absolute Gasteiger partial charge is 1.00 e. The number of aryl methyl sites for hydroxylation is 2. The molecule has 0 unspecified atom stereocenters. The van der Waals surface area contributed by atoms with Crippen molar-refractivity contribution in [2.75, 3.05) is 0 Å². The van der Waals surface area contributed by atoms with Gasteiger partial charge >= 0.3 is 18.9 Å². The van der Waals surface area contributed by atoms with Gasteiger partial charge < -0.3 is 6.41 Å². The fourth-order valence-electron chi connectivity index (χ4n) is 3.28. The van der Waals surface area contributed by atoms with E-state index in [0.29, 0.717) is 51.4 Å². The van der Waals surface area contributed by atoms with Gasteiger partial charge in [0.15, 0.2) is 0 Å². The van der Waals surface area contributed by atoms with Crippen molar-refractivity contribution in [3.8, 4) is 24.3 Å². The van der Waals surface area contributed by atoms with E-state index in [1.54, 1.807) is 6.33 Å². The summed E-state index contributed by atoms with van der Waals surface area (Å²) in [5.41, 5.74) is 5.77. The van der Waals surface area contributed by atoms with Crippen molar-refractivity contribution >= 4 is 11.0 Å². The summed E-state index contributed by atoms with van der Waals surface area (Å²) >= 11 is 0. The third kappa shape index (κ3) is 4.66. The molecule has 0 aliphatic rings. The van der Waals surface area contributed by atoms with Crippen LogP contribution in [-0.2, 0) is 25.7 Å². The molecule has 0 saturated heterocycles. The summed E-state index contributed by atoms with van der Waals surface area (Å²) in [6.07, 6.45) is 5.40. The number of rotatable bonds is 8. The van der Waals surface area contributed by atoms with Gasteiger partial charge in [-0.1, -0.05) is 0 Å². The van der Waals surface area contributed by atoms with Gasteiger partial charge in [0.25, 0.3) is 0 Å². The van der Waals surface area contributed by atoms with Crippen molar-refractivity contribution in [3.05, 3.63) is 28.6 Å². The average Bonchev–Trinajstić information content (AvgIpc) is 3.11. The third-order valence-electron chi connectivity index (χ3n) is 4.27. The number of aromatic amines is 1. The molecule has 0 amide bonds. The first kappa shape index (κ1) is 21.3. The molecule has 126 valence electrons. The van der Waals surface area contributed by atoms with E-state index >= 15 is 0 Å². The van der Waals surface area contributed by atoms with Gasteiger partial charge in [-0.25, -0.2) is 4.98 Å². The van der Waals surface area contributed by atoms with Crippen molar-refractivity contribution in [2.45, 2.75) is 51.4 Å². The smallest absolute Gasteiger partial charge is 1.00 e. The molecule has 0 aliphatic carbocycles. The van der Waals surface area contributed by atoms with Crippen molar-refractivity contribution < 1.29 is 20.3 Å². The predicted molar refractivity (Wildman–Crippen MR) is 92.9 cm³/mol. The third-order valence-corrected chi connectivity index (χ3v) is 4.27. The van der Waals surface area contributed by atoms with E-state index in [0.717, 1.165) is 33.3 Å². The minimum absolute atomic E-state index is 0. The van der Waals surface area contributed by atoms with Gasteiger partial charge in [-0.05, 0) is 47.9 Å². The number of nitriles is 4. The molecule has 0 radical (unpaired) electrons. The summed E-state index contributed by atoms with van der Waals surface area (Å²) in [5.74, 6) is 0. The Morgan fingerprint density at radius 2 is 1.15 bits per heavy atom. The molecule has 0 atom stereocenters. The zero-order valence-electron chi connectivity index (χ0n) is 16.0. The van der Waals surface area contributed by atoms with Gasteiger partial charge in [-0.15, -0.1) is 0 Å². The van der Waals surface area contributed by atoms with Crippen LogP contribution in [-0.4, -0.2) is 9.97 Å². The number of H-pyrrole nitrogens is 1. The first-order valence-electron chi connectivity index (χ1n) is 8.24. The number of fused-ring (bicyclic) bond motifs is 1. The summed E-state index contributed by atoms with van der Waals surface area (Å²) in [7, 11) is 0. The van der Waals surface area contributed by atoms with Crippen LogP contribution in [0.5, 0.6) is 0 Å². The number of aromatic nitrogens is 2. The van der Waals surface area contributed by atoms with Crippen LogP contribution < -0.4 is 18.9 Å². The number of benzene rings is 1. The maximum atomic E-state index is 9.03. The van der Waals surface area contributed by atoms with Gasteiger partial charge in [-0.2, -0.15) is 21.0 Å². The second-order valence-electron chi connectivity index (χ2n) is 5.67. The fourth-order valence-corrected chi connectivity index (χ4v) is 3.28. The Morgan fingerprint density at radius 3 is 1.65 bits per heavy atom.